The number of halogens is 1. The molecule has 2 bridgehead atoms. The molecule has 4 heteroatoms. The summed E-state index contributed by atoms with van der Waals surface area (Å²) in [6.45, 7) is 0. The lowest BCUT2D eigenvalue weighted by molar-refractivity contribution is -0.124. The van der Waals surface area contributed by atoms with Gasteiger partial charge in [-0.3, -0.25) is 9.59 Å². The van der Waals surface area contributed by atoms with Crippen molar-refractivity contribution in [3.63, 3.8) is 0 Å². The van der Waals surface area contributed by atoms with Crippen LogP contribution in [0.5, 0.6) is 0 Å². The fourth-order valence-electron chi connectivity index (χ4n) is 4.83. The Kier molecular flexibility index (Phi) is 2.15. The summed E-state index contributed by atoms with van der Waals surface area (Å²) in [5, 5.41) is 0.548. The molecule has 106 valence electrons. The van der Waals surface area contributed by atoms with Gasteiger partial charge in [-0.15, -0.1) is 0 Å². The molecule has 1 aromatic carbocycles. The van der Waals surface area contributed by atoms with Crippen LogP contribution in [0.2, 0.25) is 5.02 Å². The van der Waals surface area contributed by atoms with Crippen molar-refractivity contribution < 1.29 is 9.59 Å². The number of hydrogen-bond donors (Lipinski definition) is 0. The van der Waals surface area contributed by atoms with Gasteiger partial charge in [-0.2, -0.15) is 0 Å². The van der Waals surface area contributed by atoms with Crippen LogP contribution in [0.1, 0.15) is 6.42 Å². The number of imide groups is 1. The van der Waals surface area contributed by atoms with Gasteiger partial charge >= 0.3 is 0 Å². The van der Waals surface area contributed by atoms with Crippen LogP contribution >= 0.6 is 11.6 Å². The smallest absolute Gasteiger partial charge is 0.238 e. The second-order valence-corrected chi connectivity index (χ2v) is 7.08. The van der Waals surface area contributed by atoms with E-state index in [1.54, 1.807) is 24.3 Å². The normalized spacial score (nSPS) is 42.2. The molecule has 3 fully saturated rings. The average Bonchev–Trinajstić information content (AvgIpc) is 3.24. The summed E-state index contributed by atoms with van der Waals surface area (Å²) in [5.41, 5.74) is 0.611. The minimum Gasteiger partial charge on any atom is -0.274 e. The third-order valence-electron chi connectivity index (χ3n) is 5.73. The summed E-state index contributed by atoms with van der Waals surface area (Å²) in [7, 11) is 0. The maximum Gasteiger partial charge on any atom is 0.238 e. The van der Waals surface area contributed by atoms with Crippen molar-refractivity contribution in [1.82, 2.24) is 0 Å². The molecule has 6 rings (SSSR count). The van der Waals surface area contributed by atoms with Crippen LogP contribution in [0.15, 0.2) is 36.4 Å². The summed E-state index contributed by atoms with van der Waals surface area (Å²) in [4.78, 5) is 27.1. The maximum absolute atomic E-state index is 12.8. The molecule has 1 aromatic rings. The first kappa shape index (κ1) is 12.0. The number of allylic oxidation sites excluding steroid dienone is 2. The Morgan fingerprint density at radius 3 is 2.19 bits per heavy atom. The highest BCUT2D eigenvalue weighted by atomic mass is 35.5. The number of nitrogens with zero attached hydrogens (tertiary/aromatic N) is 1. The molecule has 1 saturated heterocycles. The molecule has 4 aliphatic carbocycles. The van der Waals surface area contributed by atoms with Gasteiger partial charge in [0.25, 0.3) is 0 Å². The Bertz CT molecular complexity index is 676. The molecule has 3 nitrogen and oxygen atoms in total. The van der Waals surface area contributed by atoms with Gasteiger partial charge in [-0.25, -0.2) is 4.90 Å². The quantitative estimate of drug-likeness (QED) is 0.591. The predicted octanol–water partition coefficient (Wildman–Crippen LogP) is 2.90. The Morgan fingerprint density at radius 1 is 1.00 bits per heavy atom. The summed E-state index contributed by atoms with van der Waals surface area (Å²) in [5.74, 6) is 1.46. The molecule has 6 atom stereocenters. The van der Waals surface area contributed by atoms with E-state index < -0.39 is 0 Å². The standard InChI is InChI=1S/C17H14ClNO2/c18-8-2-1-3-9(6-8)19-16(20)14-10-4-5-11(13-7-12(10)13)15(14)17(19)21/h1-6,10-15H,7H2/t10-,11-,12-,13+,14+,15+/m0/s1. The van der Waals surface area contributed by atoms with Crippen LogP contribution < -0.4 is 4.90 Å². The number of amides is 2. The topological polar surface area (TPSA) is 37.4 Å². The molecule has 21 heavy (non-hydrogen) atoms. The van der Waals surface area contributed by atoms with Gasteiger partial charge in [-0.1, -0.05) is 29.8 Å². The van der Waals surface area contributed by atoms with Gasteiger partial charge in [0.2, 0.25) is 11.8 Å². The van der Waals surface area contributed by atoms with Crippen LogP contribution in [-0.4, -0.2) is 11.8 Å². The fourth-order valence-corrected chi connectivity index (χ4v) is 5.01. The maximum atomic E-state index is 12.8. The number of carbonyl (C=O) groups excluding carboxylic acids is 2. The van der Waals surface area contributed by atoms with Crippen molar-refractivity contribution in [2.24, 2.45) is 35.5 Å². The molecular weight excluding hydrogens is 286 g/mol. The molecular formula is C17H14ClNO2. The highest BCUT2D eigenvalue weighted by Crippen LogP contribution is 2.65. The third kappa shape index (κ3) is 1.40. The molecule has 0 radical (unpaired) electrons. The largest absolute Gasteiger partial charge is 0.274 e. The molecule has 5 aliphatic rings. The van der Waals surface area contributed by atoms with E-state index in [-0.39, 0.29) is 35.5 Å². The number of rotatable bonds is 1. The summed E-state index contributed by atoms with van der Waals surface area (Å²) in [6, 6.07) is 7.02. The highest BCUT2D eigenvalue weighted by molar-refractivity contribution is 6.31. The first-order valence-corrected chi connectivity index (χ1v) is 7.86. The first-order valence-electron chi connectivity index (χ1n) is 7.48. The Balaban J connectivity index is 1.60. The second-order valence-electron chi connectivity index (χ2n) is 6.65. The van der Waals surface area contributed by atoms with Crippen molar-refractivity contribution in [2.75, 3.05) is 4.90 Å². The van der Waals surface area contributed by atoms with Gasteiger partial charge < -0.3 is 0 Å². The molecule has 2 saturated carbocycles. The van der Waals surface area contributed by atoms with Crippen molar-refractivity contribution in [1.29, 1.82) is 0 Å². The fraction of sp³-hybridized carbons (Fsp3) is 0.412. The zero-order valence-electron chi connectivity index (χ0n) is 11.3. The van der Waals surface area contributed by atoms with Gasteiger partial charge in [0.15, 0.2) is 0 Å². The Morgan fingerprint density at radius 2 is 1.62 bits per heavy atom. The highest BCUT2D eigenvalue weighted by Gasteiger charge is 2.67. The minimum atomic E-state index is -0.143. The van der Waals surface area contributed by atoms with Crippen molar-refractivity contribution in [2.45, 2.75) is 6.42 Å². The van der Waals surface area contributed by atoms with Crippen LogP contribution in [0.25, 0.3) is 0 Å². The zero-order chi connectivity index (χ0) is 14.3. The van der Waals surface area contributed by atoms with E-state index in [0.29, 0.717) is 22.5 Å². The van der Waals surface area contributed by atoms with Crippen LogP contribution in [-0.2, 0) is 9.59 Å². The monoisotopic (exact) mass is 299 g/mol. The van der Waals surface area contributed by atoms with Gasteiger partial charge in [-0.05, 0) is 48.3 Å². The first-order chi connectivity index (χ1) is 10.2. The molecule has 0 aromatic heterocycles. The van der Waals surface area contributed by atoms with E-state index in [1.165, 1.54) is 11.3 Å². The zero-order valence-corrected chi connectivity index (χ0v) is 12.0. The average molecular weight is 300 g/mol. The van der Waals surface area contributed by atoms with Gasteiger partial charge in [0, 0.05) is 5.02 Å². The lowest BCUT2D eigenvalue weighted by Crippen LogP contribution is -2.40. The molecule has 0 unspecified atom stereocenters. The molecule has 0 N–H and O–H groups in total. The predicted molar refractivity (Wildman–Crippen MR) is 78.6 cm³/mol. The Hall–Kier alpha value is -1.61. The number of benzene rings is 1. The van der Waals surface area contributed by atoms with Crippen molar-refractivity contribution in [3.05, 3.63) is 41.4 Å². The third-order valence-corrected chi connectivity index (χ3v) is 5.96. The summed E-state index contributed by atoms with van der Waals surface area (Å²) in [6.07, 6.45) is 5.56. The second kappa shape index (κ2) is 3.77. The van der Waals surface area contributed by atoms with Crippen molar-refractivity contribution in [3.8, 4) is 0 Å². The van der Waals surface area contributed by atoms with Crippen LogP contribution in [0.3, 0.4) is 0 Å². The number of hydrogen-bond acceptors (Lipinski definition) is 2. The lowest BCUT2D eigenvalue weighted by atomic mass is 9.63. The molecule has 0 spiro atoms. The number of anilines is 1. The van der Waals surface area contributed by atoms with Crippen LogP contribution in [0.4, 0.5) is 5.69 Å². The van der Waals surface area contributed by atoms with Crippen LogP contribution in [0, 0.1) is 35.5 Å². The van der Waals surface area contributed by atoms with E-state index in [0.717, 1.165) is 0 Å². The lowest BCUT2D eigenvalue weighted by Gasteiger charge is -2.37. The SMILES string of the molecule is O=C1[C@@H]2[C@H]3C=C[C@@H]([C@@H]4C[C@H]34)[C@H]2C(=O)N1c1cccc(Cl)c1. The molecule has 2 amide bonds. The van der Waals surface area contributed by atoms with E-state index >= 15 is 0 Å². The van der Waals surface area contributed by atoms with E-state index in [2.05, 4.69) is 12.2 Å². The van der Waals surface area contributed by atoms with E-state index in [9.17, 15) is 9.59 Å². The Labute approximate surface area is 127 Å². The minimum absolute atomic E-state index is 0.0306. The van der Waals surface area contributed by atoms with Crippen molar-refractivity contribution >= 4 is 29.1 Å². The summed E-state index contributed by atoms with van der Waals surface area (Å²) < 4.78 is 0. The summed E-state index contributed by atoms with van der Waals surface area (Å²) >= 11 is 6.01. The van der Waals surface area contributed by atoms with Gasteiger partial charge in [0.1, 0.15) is 0 Å². The van der Waals surface area contributed by atoms with Gasteiger partial charge in [0.05, 0.1) is 17.5 Å². The molecule has 1 aliphatic heterocycles. The van der Waals surface area contributed by atoms with E-state index in [4.69, 9.17) is 11.6 Å². The van der Waals surface area contributed by atoms with E-state index in [1.807, 2.05) is 0 Å². The molecule has 1 heterocycles. The number of carbonyl (C=O) groups is 2.